The molecule has 0 aromatic rings. The maximum absolute atomic E-state index is 5.31. The molecule has 3 aliphatic heterocycles. The van der Waals surface area contributed by atoms with Crippen molar-refractivity contribution in [1.29, 1.82) is 0 Å². The molecule has 98 valence electrons. The second kappa shape index (κ2) is 4.57. The number of nitrogens with zero attached hydrogens (tertiary/aromatic N) is 3. The van der Waals surface area contributed by atoms with Gasteiger partial charge in [-0.15, -0.1) is 0 Å². The summed E-state index contributed by atoms with van der Waals surface area (Å²) in [5.74, 6) is 1.29. The monoisotopic (exact) mass is 248 g/mol. The lowest BCUT2D eigenvalue weighted by Crippen LogP contribution is -2.43. The molecule has 0 spiro atoms. The molecule has 18 heavy (non-hydrogen) atoms. The van der Waals surface area contributed by atoms with Gasteiger partial charge >= 0.3 is 0 Å². The third-order valence-corrected chi connectivity index (χ3v) is 3.51. The fourth-order valence-electron chi connectivity index (χ4n) is 2.68. The molecule has 5 heteroatoms. The Morgan fingerprint density at radius 1 is 1.44 bits per heavy atom. The Bertz CT molecular complexity index is 427. The van der Waals surface area contributed by atoms with Crippen molar-refractivity contribution in [2.75, 3.05) is 26.9 Å². The van der Waals surface area contributed by atoms with Crippen molar-refractivity contribution in [1.82, 2.24) is 20.2 Å². The van der Waals surface area contributed by atoms with Crippen LogP contribution in [0.3, 0.4) is 0 Å². The van der Waals surface area contributed by atoms with Gasteiger partial charge in [0.25, 0.3) is 0 Å². The molecule has 0 radical (unpaired) electrons. The summed E-state index contributed by atoms with van der Waals surface area (Å²) in [6, 6.07) is 0. The zero-order valence-electron chi connectivity index (χ0n) is 11.0. The summed E-state index contributed by atoms with van der Waals surface area (Å²) in [4.78, 5) is 9.98. The van der Waals surface area contributed by atoms with E-state index in [1.807, 2.05) is 5.06 Å². The van der Waals surface area contributed by atoms with Crippen molar-refractivity contribution in [3.8, 4) is 0 Å². The van der Waals surface area contributed by atoms with Crippen LogP contribution in [-0.4, -0.2) is 41.7 Å². The molecule has 1 N–H and O–H groups in total. The Morgan fingerprint density at radius 2 is 2.33 bits per heavy atom. The number of rotatable bonds is 3. The van der Waals surface area contributed by atoms with Gasteiger partial charge in [-0.3, -0.25) is 4.84 Å². The van der Waals surface area contributed by atoms with Gasteiger partial charge in [-0.05, 0) is 6.42 Å². The van der Waals surface area contributed by atoms with Crippen LogP contribution in [0, 0.1) is 0 Å². The molecule has 3 rings (SSSR count). The highest BCUT2D eigenvalue weighted by Gasteiger charge is 2.33. The summed E-state index contributed by atoms with van der Waals surface area (Å²) in [6.45, 7) is 4.92. The first kappa shape index (κ1) is 11.5. The van der Waals surface area contributed by atoms with Crippen LogP contribution in [-0.2, 0) is 4.84 Å². The van der Waals surface area contributed by atoms with Crippen LogP contribution in [0.1, 0.15) is 19.8 Å². The SMILES string of the molecule is CCCN1C=CCC2=C1N1CN(OC)C=C1CN2. The largest absolute Gasteiger partial charge is 0.380 e. The first-order valence-corrected chi connectivity index (χ1v) is 6.52. The average molecular weight is 248 g/mol. The Labute approximate surface area is 108 Å². The van der Waals surface area contributed by atoms with Gasteiger partial charge in [0.05, 0.1) is 31.2 Å². The minimum Gasteiger partial charge on any atom is -0.380 e. The summed E-state index contributed by atoms with van der Waals surface area (Å²) in [5.41, 5.74) is 2.59. The minimum absolute atomic E-state index is 0.778. The molecule has 5 nitrogen and oxygen atoms in total. The Kier molecular flexibility index (Phi) is 2.91. The third kappa shape index (κ3) is 1.75. The van der Waals surface area contributed by atoms with E-state index in [1.54, 1.807) is 7.11 Å². The number of hydrogen-bond donors (Lipinski definition) is 1. The zero-order chi connectivity index (χ0) is 12.5. The Hall–Kier alpha value is -1.62. The van der Waals surface area contributed by atoms with Crippen LogP contribution >= 0.6 is 0 Å². The fourth-order valence-corrected chi connectivity index (χ4v) is 2.68. The number of hydroxylamine groups is 2. The average Bonchev–Trinajstić information content (AvgIpc) is 2.82. The molecule has 0 aromatic heterocycles. The van der Waals surface area contributed by atoms with Crippen LogP contribution in [0.25, 0.3) is 0 Å². The molecule has 0 unspecified atom stereocenters. The van der Waals surface area contributed by atoms with E-state index in [4.69, 9.17) is 4.84 Å². The lowest BCUT2D eigenvalue weighted by Gasteiger charge is -2.40. The molecule has 0 saturated heterocycles. The summed E-state index contributed by atoms with van der Waals surface area (Å²) in [6.07, 6.45) is 8.62. The summed E-state index contributed by atoms with van der Waals surface area (Å²) in [5, 5.41) is 5.39. The van der Waals surface area contributed by atoms with E-state index in [9.17, 15) is 0 Å². The van der Waals surface area contributed by atoms with Crippen molar-refractivity contribution < 1.29 is 4.84 Å². The quantitative estimate of drug-likeness (QED) is 0.815. The predicted molar refractivity (Wildman–Crippen MR) is 69.4 cm³/mol. The topological polar surface area (TPSA) is 31.0 Å². The van der Waals surface area contributed by atoms with Crippen LogP contribution in [0.2, 0.25) is 0 Å². The third-order valence-electron chi connectivity index (χ3n) is 3.51. The minimum atomic E-state index is 0.778. The molecule has 0 saturated carbocycles. The van der Waals surface area contributed by atoms with E-state index in [-0.39, 0.29) is 0 Å². The first-order chi connectivity index (χ1) is 8.83. The number of hydrogen-bond acceptors (Lipinski definition) is 5. The number of fused-ring (bicyclic) bond motifs is 2. The van der Waals surface area contributed by atoms with Gasteiger partial charge in [-0.2, -0.15) is 0 Å². The van der Waals surface area contributed by atoms with Gasteiger partial charge in [0, 0.05) is 19.2 Å². The van der Waals surface area contributed by atoms with E-state index in [2.05, 4.69) is 40.5 Å². The van der Waals surface area contributed by atoms with Crippen molar-refractivity contribution in [3.05, 3.63) is 35.7 Å². The van der Waals surface area contributed by atoms with Crippen molar-refractivity contribution >= 4 is 0 Å². The molecule has 0 amide bonds. The van der Waals surface area contributed by atoms with Crippen LogP contribution < -0.4 is 5.32 Å². The molecule has 0 atom stereocenters. The maximum Gasteiger partial charge on any atom is 0.134 e. The lowest BCUT2D eigenvalue weighted by atomic mass is 10.1. The summed E-state index contributed by atoms with van der Waals surface area (Å²) >= 11 is 0. The van der Waals surface area contributed by atoms with Crippen molar-refractivity contribution in [2.45, 2.75) is 19.8 Å². The first-order valence-electron chi connectivity index (χ1n) is 6.52. The molecule has 0 bridgehead atoms. The number of allylic oxidation sites excluding steroid dienone is 1. The molecule has 3 heterocycles. The molecule has 0 fully saturated rings. The lowest BCUT2D eigenvalue weighted by molar-refractivity contribution is -0.0970. The van der Waals surface area contributed by atoms with Crippen LogP contribution in [0.4, 0.5) is 0 Å². The fraction of sp³-hybridized carbons (Fsp3) is 0.538. The van der Waals surface area contributed by atoms with Crippen LogP contribution in [0.5, 0.6) is 0 Å². The van der Waals surface area contributed by atoms with E-state index in [0.717, 1.165) is 32.6 Å². The second-order valence-corrected chi connectivity index (χ2v) is 4.73. The Balaban J connectivity index is 1.89. The van der Waals surface area contributed by atoms with Crippen molar-refractivity contribution in [3.63, 3.8) is 0 Å². The van der Waals surface area contributed by atoms with Gasteiger partial charge in [0.2, 0.25) is 0 Å². The molecular formula is C13H20N4O. The van der Waals surface area contributed by atoms with E-state index in [1.165, 1.54) is 17.2 Å². The zero-order valence-corrected chi connectivity index (χ0v) is 11.0. The van der Waals surface area contributed by atoms with E-state index < -0.39 is 0 Å². The van der Waals surface area contributed by atoms with Gasteiger partial charge in [0.15, 0.2) is 0 Å². The van der Waals surface area contributed by atoms with Gasteiger partial charge < -0.3 is 15.1 Å². The van der Waals surface area contributed by atoms with Gasteiger partial charge in [0.1, 0.15) is 12.5 Å². The summed E-state index contributed by atoms with van der Waals surface area (Å²) < 4.78 is 0. The Morgan fingerprint density at radius 3 is 3.11 bits per heavy atom. The molecule has 0 aromatic carbocycles. The number of nitrogens with one attached hydrogen (secondary N) is 1. The van der Waals surface area contributed by atoms with E-state index >= 15 is 0 Å². The molecular weight excluding hydrogens is 228 g/mol. The van der Waals surface area contributed by atoms with E-state index in [0.29, 0.717) is 0 Å². The highest BCUT2D eigenvalue weighted by molar-refractivity contribution is 5.30. The normalized spacial score (nSPS) is 21.9. The smallest absolute Gasteiger partial charge is 0.134 e. The van der Waals surface area contributed by atoms with Gasteiger partial charge in [-0.1, -0.05) is 13.0 Å². The molecule has 3 aliphatic rings. The standard InChI is InChI=1S/C13H20N4O/c1-3-6-15-7-4-5-12-13(15)17-10-16(18-2)9-11(17)8-14-12/h4,7,9,14H,3,5-6,8,10H2,1-2H3. The highest BCUT2D eigenvalue weighted by Crippen LogP contribution is 2.32. The van der Waals surface area contributed by atoms with Gasteiger partial charge in [-0.25, -0.2) is 5.06 Å². The van der Waals surface area contributed by atoms with Crippen molar-refractivity contribution in [2.24, 2.45) is 0 Å². The second-order valence-electron chi connectivity index (χ2n) is 4.73. The highest BCUT2D eigenvalue weighted by atomic mass is 16.7. The predicted octanol–water partition coefficient (Wildman–Crippen LogP) is 1.37. The maximum atomic E-state index is 5.31. The van der Waals surface area contributed by atoms with Crippen LogP contribution in [0.15, 0.2) is 35.7 Å². The molecule has 0 aliphatic carbocycles. The summed E-state index contributed by atoms with van der Waals surface area (Å²) in [7, 11) is 1.71.